The molecule has 0 saturated heterocycles. The predicted molar refractivity (Wildman–Crippen MR) is 107 cm³/mol. The molecule has 0 aliphatic heterocycles. The van der Waals surface area contributed by atoms with Gasteiger partial charge in [-0.2, -0.15) is 0 Å². The summed E-state index contributed by atoms with van der Waals surface area (Å²) in [5.74, 6) is 0. The van der Waals surface area contributed by atoms with Gasteiger partial charge in [0.05, 0.1) is 25.5 Å². The highest BCUT2D eigenvalue weighted by molar-refractivity contribution is 7.89. The van der Waals surface area contributed by atoms with Gasteiger partial charge in [-0.1, -0.05) is 29.8 Å². The van der Waals surface area contributed by atoms with E-state index >= 15 is 0 Å². The molecule has 2 N–H and O–H groups in total. The van der Waals surface area contributed by atoms with E-state index in [4.69, 9.17) is 0 Å². The molecule has 26 heavy (non-hydrogen) atoms. The SMILES string of the molecule is Cc1ccc(S(=O)(=O)NC[C@H](c2ccc(N(C)C)cc2)[NH+](C)C)c(C)c1. The number of hydrogen-bond acceptors (Lipinski definition) is 3. The molecule has 142 valence electrons. The minimum Gasteiger partial charge on any atom is -0.378 e. The van der Waals surface area contributed by atoms with Gasteiger partial charge in [0.15, 0.2) is 0 Å². The van der Waals surface area contributed by atoms with Crippen LogP contribution < -0.4 is 14.5 Å². The fourth-order valence-corrected chi connectivity index (χ4v) is 4.30. The number of quaternary nitrogens is 1. The Kier molecular flexibility index (Phi) is 6.44. The van der Waals surface area contributed by atoms with Crippen molar-refractivity contribution in [3.63, 3.8) is 0 Å². The van der Waals surface area contributed by atoms with E-state index in [0.29, 0.717) is 11.4 Å². The molecule has 6 heteroatoms. The summed E-state index contributed by atoms with van der Waals surface area (Å²) in [7, 11) is 4.54. The molecule has 2 aromatic carbocycles. The number of rotatable bonds is 7. The van der Waals surface area contributed by atoms with Crippen LogP contribution in [0, 0.1) is 13.8 Å². The lowest BCUT2D eigenvalue weighted by Gasteiger charge is -2.23. The number of benzene rings is 2. The molecule has 0 amide bonds. The van der Waals surface area contributed by atoms with E-state index in [1.54, 1.807) is 6.07 Å². The molecule has 1 atom stereocenters. The zero-order chi connectivity index (χ0) is 19.5. The highest BCUT2D eigenvalue weighted by atomic mass is 32.2. The molecule has 0 radical (unpaired) electrons. The van der Waals surface area contributed by atoms with Crippen LogP contribution >= 0.6 is 0 Å². The fraction of sp³-hybridized carbons (Fsp3) is 0.400. The van der Waals surface area contributed by atoms with Crippen LogP contribution in [0.2, 0.25) is 0 Å². The van der Waals surface area contributed by atoms with Gasteiger partial charge in [0.25, 0.3) is 0 Å². The van der Waals surface area contributed by atoms with E-state index in [1.165, 1.54) is 4.90 Å². The van der Waals surface area contributed by atoms with Gasteiger partial charge in [-0.3, -0.25) is 0 Å². The number of sulfonamides is 1. The summed E-state index contributed by atoms with van der Waals surface area (Å²) in [4.78, 5) is 3.56. The van der Waals surface area contributed by atoms with E-state index in [9.17, 15) is 8.42 Å². The maximum absolute atomic E-state index is 12.7. The van der Waals surface area contributed by atoms with Gasteiger partial charge >= 0.3 is 0 Å². The average molecular weight is 377 g/mol. The third kappa shape index (κ3) is 4.84. The summed E-state index contributed by atoms with van der Waals surface area (Å²) >= 11 is 0. The maximum Gasteiger partial charge on any atom is 0.241 e. The Labute approximate surface area is 157 Å². The number of nitrogens with one attached hydrogen (secondary N) is 2. The summed E-state index contributed by atoms with van der Waals surface area (Å²) < 4.78 is 28.3. The van der Waals surface area contributed by atoms with E-state index in [0.717, 1.165) is 22.4 Å². The second kappa shape index (κ2) is 8.20. The van der Waals surface area contributed by atoms with Gasteiger partial charge in [-0.05, 0) is 37.6 Å². The van der Waals surface area contributed by atoms with Crippen LogP contribution in [0.3, 0.4) is 0 Å². The normalized spacial score (nSPS) is 13.0. The van der Waals surface area contributed by atoms with Crippen LogP contribution in [0.25, 0.3) is 0 Å². The molecule has 0 fully saturated rings. The van der Waals surface area contributed by atoms with Gasteiger partial charge < -0.3 is 9.80 Å². The quantitative estimate of drug-likeness (QED) is 0.771. The Morgan fingerprint density at radius 3 is 2.15 bits per heavy atom. The molecule has 5 nitrogen and oxygen atoms in total. The monoisotopic (exact) mass is 376 g/mol. The van der Waals surface area contributed by atoms with Crippen molar-refractivity contribution >= 4 is 15.7 Å². The smallest absolute Gasteiger partial charge is 0.241 e. The van der Waals surface area contributed by atoms with Gasteiger partial charge in [0, 0.05) is 25.3 Å². The number of aryl methyl sites for hydroxylation is 2. The van der Waals surface area contributed by atoms with E-state index in [2.05, 4.69) is 29.0 Å². The lowest BCUT2D eigenvalue weighted by molar-refractivity contribution is -0.890. The molecule has 2 aromatic rings. The van der Waals surface area contributed by atoms with Crippen molar-refractivity contribution < 1.29 is 13.3 Å². The van der Waals surface area contributed by atoms with Crippen molar-refractivity contribution in [2.75, 3.05) is 39.6 Å². The van der Waals surface area contributed by atoms with Gasteiger partial charge in [0.1, 0.15) is 6.04 Å². The molecule has 0 aromatic heterocycles. The largest absolute Gasteiger partial charge is 0.378 e. The van der Waals surface area contributed by atoms with Crippen molar-refractivity contribution in [2.24, 2.45) is 0 Å². The van der Waals surface area contributed by atoms with Crippen LogP contribution in [0.15, 0.2) is 47.4 Å². The molecule has 0 aliphatic rings. The van der Waals surface area contributed by atoms with E-state index < -0.39 is 10.0 Å². The maximum atomic E-state index is 12.7. The molecule has 0 bridgehead atoms. The number of nitrogens with zero attached hydrogens (tertiary/aromatic N) is 1. The van der Waals surface area contributed by atoms with Crippen LogP contribution in [0.5, 0.6) is 0 Å². The molecular weight excluding hydrogens is 346 g/mol. The lowest BCUT2D eigenvalue weighted by Crippen LogP contribution is -3.07. The lowest BCUT2D eigenvalue weighted by atomic mass is 10.1. The summed E-state index contributed by atoms with van der Waals surface area (Å²) in [6.07, 6.45) is 0. The van der Waals surface area contributed by atoms with Crippen molar-refractivity contribution in [3.05, 3.63) is 59.2 Å². The molecular formula is C20H30N3O2S+. The Balaban J connectivity index is 2.20. The third-order valence-corrected chi connectivity index (χ3v) is 6.19. The van der Waals surface area contributed by atoms with Crippen molar-refractivity contribution in [1.82, 2.24) is 4.72 Å². The van der Waals surface area contributed by atoms with Crippen LogP contribution in [0.4, 0.5) is 5.69 Å². The summed E-state index contributed by atoms with van der Waals surface area (Å²) in [5.41, 5.74) is 4.05. The first-order chi connectivity index (χ1) is 12.1. The summed E-state index contributed by atoms with van der Waals surface area (Å²) in [5, 5.41) is 0. The van der Waals surface area contributed by atoms with Crippen LogP contribution in [0.1, 0.15) is 22.7 Å². The molecule has 0 spiro atoms. The number of likely N-dealkylation sites (N-methyl/N-ethyl adjacent to an activating group) is 1. The Morgan fingerprint density at radius 1 is 1.04 bits per heavy atom. The fourth-order valence-electron chi connectivity index (χ4n) is 3.03. The second-order valence-electron chi connectivity index (χ2n) is 7.24. The standard InChI is InChI=1S/C20H29N3O2S/c1-15-7-12-20(16(2)13-15)26(24,25)21-14-19(23(5)6)17-8-10-18(11-9-17)22(3)4/h7-13,19,21H,14H2,1-6H3/p+1/t19-/m1/s1. The average Bonchev–Trinajstić information content (AvgIpc) is 2.54. The first-order valence-corrected chi connectivity index (χ1v) is 10.2. The van der Waals surface area contributed by atoms with Gasteiger partial charge in [0.2, 0.25) is 10.0 Å². The molecule has 0 unspecified atom stereocenters. The Morgan fingerprint density at radius 2 is 1.65 bits per heavy atom. The van der Waals surface area contributed by atoms with Gasteiger partial charge in [-0.25, -0.2) is 13.1 Å². The van der Waals surface area contributed by atoms with E-state index in [-0.39, 0.29) is 6.04 Å². The predicted octanol–water partition coefficient (Wildman–Crippen LogP) is 1.53. The van der Waals surface area contributed by atoms with Crippen LogP contribution in [-0.2, 0) is 10.0 Å². The highest BCUT2D eigenvalue weighted by Gasteiger charge is 2.23. The highest BCUT2D eigenvalue weighted by Crippen LogP contribution is 2.19. The number of anilines is 1. The minimum atomic E-state index is -3.54. The molecule has 2 rings (SSSR count). The Hall–Kier alpha value is -1.89. The molecule has 0 aliphatic carbocycles. The second-order valence-corrected chi connectivity index (χ2v) is 8.97. The van der Waals surface area contributed by atoms with Gasteiger partial charge in [-0.15, -0.1) is 0 Å². The summed E-state index contributed by atoms with van der Waals surface area (Å²) in [6, 6.07) is 13.7. The van der Waals surface area contributed by atoms with Crippen LogP contribution in [-0.4, -0.2) is 43.2 Å². The first-order valence-electron chi connectivity index (χ1n) is 8.76. The Bertz CT molecular complexity index is 844. The minimum absolute atomic E-state index is 0.0340. The number of hydrogen-bond donors (Lipinski definition) is 2. The molecule has 0 saturated carbocycles. The van der Waals surface area contributed by atoms with Crippen molar-refractivity contribution in [1.29, 1.82) is 0 Å². The zero-order valence-corrected chi connectivity index (χ0v) is 17.3. The topological polar surface area (TPSA) is 53.9 Å². The zero-order valence-electron chi connectivity index (χ0n) is 16.5. The third-order valence-electron chi connectivity index (χ3n) is 4.61. The summed E-state index contributed by atoms with van der Waals surface area (Å²) in [6.45, 7) is 4.13. The molecule has 0 heterocycles. The van der Waals surface area contributed by atoms with Crippen molar-refractivity contribution in [3.8, 4) is 0 Å². The van der Waals surface area contributed by atoms with Crippen molar-refractivity contribution in [2.45, 2.75) is 24.8 Å². The van der Waals surface area contributed by atoms with E-state index in [1.807, 2.05) is 59.1 Å². The first kappa shape index (κ1) is 20.4.